The van der Waals surface area contributed by atoms with Gasteiger partial charge in [-0.05, 0) is 17.9 Å². The SMILES string of the molecule is CC(=O)O.CCCCC(CC)Cc1ccccc1C(=N)N. The van der Waals surface area contributed by atoms with Crippen LogP contribution in [-0.4, -0.2) is 16.9 Å². The first-order valence-electron chi connectivity index (χ1n) is 7.54. The quantitative estimate of drug-likeness (QED) is 0.527. The summed E-state index contributed by atoms with van der Waals surface area (Å²) >= 11 is 0. The second-order valence-corrected chi connectivity index (χ2v) is 5.21. The molecule has 4 N–H and O–H groups in total. The number of carboxylic acid groups (broad SMARTS) is 1. The highest BCUT2D eigenvalue weighted by molar-refractivity contribution is 5.96. The Bertz CT molecular complexity index is 440. The van der Waals surface area contributed by atoms with E-state index in [1.807, 2.05) is 18.2 Å². The Hall–Kier alpha value is -1.84. The number of nitrogen functional groups attached to an aromatic ring is 1. The van der Waals surface area contributed by atoms with E-state index >= 15 is 0 Å². The molecule has 0 bridgehead atoms. The standard InChI is InChI=1S/C15H24N2.C2H4O2/c1-3-5-8-12(4-2)11-13-9-6-7-10-14(13)15(16)17;1-2(3)4/h6-7,9-10,12H,3-5,8,11H2,1-2H3,(H3,16,17);1H3,(H,3,4). The average molecular weight is 292 g/mol. The van der Waals surface area contributed by atoms with Crippen molar-refractivity contribution < 1.29 is 9.90 Å². The number of nitrogens with two attached hydrogens (primary N) is 1. The lowest BCUT2D eigenvalue weighted by atomic mass is 9.90. The van der Waals surface area contributed by atoms with Crippen molar-refractivity contribution in [3.63, 3.8) is 0 Å². The molecule has 0 aliphatic rings. The summed E-state index contributed by atoms with van der Waals surface area (Å²) in [5, 5.41) is 15.0. The van der Waals surface area contributed by atoms with Crippen LogP contribution < -0.4 is 5.73 Å². The molecule has 118 valence electrons. The molecule has 0 aromatic heterocycles. The molecule has 0 aliphatic carbocycles. The Morgan fingerprint density at radius 1 is 1.33 bits per heavy atom. The van der Waals surface area contributed by atoms with Crippen molar-refractivity contribution in [3.05, 3.63) is 35.4 Å². The van der Waals surface area contributed by atoms with Crippen LogP contribution >= 0.6 is 0 Å². The van der Waals surface area contributed by atoms with Gasteiger partial charge >= 0.3 is 0 Å². The van der Waals surface area contributed by atoms with Gasteiger partial charge < -0.3 is 10.8 Å². The van der Waals surface area contributed by atoms with Crippen LogP contribution in [0.25, 0.3) is 0 Å². The number of carboxylic acids is 1. The molecule has 0 radical (unpaired) electrons. The summed E-state index contributed by atoms with van der Waals surface area (Å²) in [6.45, 7) is 5.56. The largest absolute Gasteiger partial charge is 0.481 e. The van der Waals surface area contributed by atoms with Gasteiger partial charge in [0, 0.05) is 12.5 Å². The van der Waals surface area contributed by atoms with Crippen LogP contribution in [-0.2, 0) is 11.2 Å². The number of hydrogen-bond acceptors (Lipinski definition) is 2. The summed E-state index contributed by atoms with van der Waals surface area (Å²) in [7, 11) is 0. The van der Waals surface area contributed by atoms with Gasteiger partial charge in [0.15, 0.2) is 0 Å². The fourth-order valence-corrected chi connectivity index (χ4v) is 2.22. The summed E-state index contributed by atoms with van der Waals surface area (Å²) < 4.78 is 0. The molecule has 0 saturated carbocycles. The minimum absolute atomic E-state index is 0.186. The molecule has 0 spiro atoms. The number of nitrogens with one attached hydrogen (secondary N) is 1. The summed E-state index contributed by atoms with van der Waals surface area (Å²) in [6.07, 6.45) is 6.07. The number of hydrogen-bond donors (Lipinski definition) is 3. The normalized spacial score (nSPS) is 11.2. The fourth-order valence-electron chi connectivity index (χ4n) is 2.22. The van der Waals surface area contributed by atoms with Crippen molar-refractivity contribution in [1.82, 2.24) is 0 Å². The zero-order chi connectivity index (χ0) is 16.3. The van der Waals surface area contributed by atoms with E-state index < -0.39 is 5.97 Å². The highest BCUT2D eigenvalue weighted by Crippen LogP contribution is 2.20. The molecule has 4 heteroatoms. The Morgan fingerprint density at radius 2 is 1.90 bits per heavy atom. The number of unbranched alkanes of at least 4 members (excludes halogenated alkanes) is 1. The first kappa shape index (κ1) is 19.2. The molecule has 1 aromatic carbocycles. The Balaban J connectivity index is 0.000000885. The Labute approximate surface area is 127 Å². The average Bonchev–Trinajstić information content (AvgIpc) is 2.43. The summed E-state index contributed by atoms with van der Waals surface area (Å²) in [5.74, 6) is 0.0707. The topological polar surface area (TPSA) is 87.2 Å². The van der Waals surface area contributed by atoms with Crippen molar-refractivity contribution >= 4 is 11.8 Å². The zero-order valence-corrected chi connectivity index (χ0v) is 13.4. The third kappa shape index (κ3) is 8.84. The molecular weight excluding hydrogens is 264 g/mol. The van der Waals surface area contributed by atoms with Gasteiger partial charge in [0.05, 0.1) is 0 Å². The second-order valence-electron chi connectivity index (χ2n) is 5.21. The lowest BCUT2D eigenvalue weighted by molar-refractivity contribution is -0.134. The zero-order valence-electron chi connectivity index (χ0n) is 13.4. The predicted octanol–water partition coefficient (Wildman–Crippen LogP) is 3.82. The molecule has 0 amide bonds. The smallest absolute Gasteiger partial charge is 0.300 e. The maximum atomic E-state index is 9.00. The van der Waals surface area contributed by atoms with E-state index in [1.54, 1.807) is 0 Å². The number of rotatable bonds is 7. The monoisotopic (exact) mass is 292 g/mol. The number of benzene rings is 1. The van der Waals surface area contributed by atoms with E-state index in [9.17, 15) is 0 Å². The van der Waals surface area contributed by atoms with Crippen LogP contribution in [0.1, 0.15) is 57.6 Å². The molecule has 0 saturated heterocycles. The van der Waals surface area contributed by atoms with E-state index in [2.05, 4.69) is 19.9 Å². The van der Waals surface area contributed by atoms with Gasteiger partial charge in [-0.3, -0.25) is 10.2 Å². The van der Waals surface area contributed by atoms with Crippen molar-refractivity contribution in [1.29, 1.82) is 5.41 Å². The van der Waals surface area contributed by atoms with Gasteiger partial charge in [-0.15, -0.1) is 0 Å². The molecule has 1 rings (SSSR count). The molecule has 0 fully saturated rings. The minimum atomic E-state index is -0.833. The van der Waals surface area contributed by atoms with Gasteiger partial charge in [-0.2, -0.15) is 0 Å². The van der Waals surface area contributed by atoms with Gasteiger partial charge in [-0.25, -0.2) is 0 Å². The van der Waals surface area contributed by atoms with E-state index in [0.29, 0.717) is 0 Å². The Morgan fingerprint density at radius 3 is 2.38 bits per heavy atom. The molecule has 21 heavy (non-hydrogen) atoms. The summed E-state index contributed by atoms with van der Waals surface area (Å²) in [5.41, 5.74) is 7.75. The number of carbonyl (C=O) groups is 1. The van der Waals surface area contributed by atoms with Crippen LogP contribution in [0.3, 0.4) is 0 Å². The molecule has 1 unspecified atom stereocenters. The maximum Gasteiger partial charge on any atom is 0.300 e. The van der Waals surface area contributed by atoms with Gasteiger partial charge in [0.1, 0.15) is 5.84 Å². The number of aliphatic carboxylic acids is 1. The molecule has 4 nitrogen and oxygen atoms in total. The van der Waals surface area contributed by atoms with Crippen LogP contribution in [0.2, 0.25) is 0 Å². The van der Waals surface area contributed by atoms with Crippen molar-refractivity contribution in [2.24, 2.45) is 11.7 Å². The van der Waals surface area contributed by atoms with Gasteiger partial charge in [0.2, 0.25) is 0 Å². The van der Waals surface area contributed by atoms with Crippen LogP contribution in [0, 0.1) is 11.3 Å². The van der Waals surface area contributed by atoms with Crippen LogP contribution in [0.4, 0.5) is 0 Å². The van der Waals surface area contributed by atoms with Gasteiger partial charge in [0.25, 0.3) is 5.97 Å². The lowest BCUT2D eigenvalue weighted by Gasteiger charge is -2.16. The number of amidine groups is 1. The highest BCUT2D eigenvalue weighted by atomic mass is 16.4. The first-order chi connectivity index (χ1) is 9.92. The van der Waals surface area contributed by atoms with Gasteiger partial charge in [-0.1, -0.05) is 63.8 Å². The van der Waals surface area contributed by atoms with E-state index in [0.717, 1.165) is 24.8 Å². The second kappa shape index (κ2) is 10.9. The maximum absolute atomic E-state index is 9.00. The molecule has 1 atom stereocenters. The predicted molar refractivity (Wildman–Crippen MR) is 87.8 cm³/mol. The summed E-state index contributed by atoms with van der Waals surface area (Å²) in [6, 6.07) is 8.04. The third-order valence-electron chi connectivity index (χ3n) is 3.36. The summed E-state index contributed by atoms with van der Waals surface area (Å²) in [4.78, 5) is 9.00. The third-order valence-corrected chi connectivity index (χ3v) is 3.36. The van der Waals surface area contributed by atoms with Crippen molar-refractivity contribution in [2.75, 3.05) is 0 Å². The van der Waals surface area contributed by atoms with E-state index in [-0.39, 0.29) is 5.84 Å². The highest BCUT2D eigenvalue weighted by Gasteiger charge is 2.11. The van der Waals surface area contributed by atoms with Crippen LogP contribution in [0.5, 0.6) is 0 Å². The molecular formula is C17H28N2O2. The van der Waals surface area contributed by atoms with E-state index in [4.69, 9.17) is 21.0 Å². The Kier molecular flexibility index (Phi) is 9.94. The molecule has 0 heterocycles. The van der Waals surface area contributed by atoms with Crippen molar-refractivity contribution in [3.8, 4) is 0 Å². The fraction of sp³-hybridized carbons (Fsp3) is 0.529. The first-order valence-corrected chi connectivity index (χ1v) is 7.54. The molecule has 1 aromatic rings. The molecule has 0 aliphatic heterocycles. The van der Waals surface area contributed by atoms with E-state index in [1.165, 1.54) is 31.2 Å². The minimum Gasteiger partial charge on any atom is -0.481 e. The van der Waals surface area contributed by atoms with Crippen molar-refractivity contribution in [2.45, 2.75) is 52.9 Å². The van der Waals surface area contributed by atoms with Crippen LogP contribution in [0.15, 0.2) is 24.3 Å². The lowest BCUT2D eigenvalue weighted by Crippen LogP contribution is -2.15.